The van der Waals surface area contributed by atoms with Crippen molar-refractivity contribution in [3.63, 3.8) is 0 Å². The predicted molar refractivity (Wildman–Crippen MR) is 84.7 cm³/mol. The SMILES string of the molecule is CCN(C)CC1CC2CCC(C1)N2Cc1ccccc1. The zero-order valence-electron chi connectivity index (χ0n) is 13.0. The van der Waals surface area contributed by atoms with Crippen LogP contribution in [0.2, 0.25) is 0 Å². The molecule has 110 valence electrons. The van der Waals surface area contributed by atoms with E-state index in [0.717, 1.165) is 24.5 Å². The zero-order valence-corrected chi connectivity index (χ0v) is 13.0. The fourth-order valence-corrected chi connectivity index (χ4v) is 4.16. The van der Waals surface area contributed by atoms with E-state index >= 15 is 0 Å². The number of rotatable bonds is 5. The van der Waals surface area contributed by atoms with E-state index < -0.39 is 0 Å². The van der Waals surface area contributed by atoms with E-state index in [9.17, 15) is 0 Å². The Morgan fingerprint density at radius 1 is 1.10 bits per heavy atom. The molecule has 2 aliphatic rings. The van der Waals surface area contributed by atoms with E-state index in [1.165, 1.54) is 44.3 Å². The smallest absolute Gasteiger partial charge is 0.0239 e. The summed E-state index contributed by atoms with van der Waals surface area (Å²) in [6, 6.07) is 12.7. The summed E-state index contributed by atoms with van der Waals surface area (Å²) in [7, 11) is 2.26. The predicted octanol–water partition coefficient (Wildman–Crippen LogP) is 3.38. The monoisotopic (exact) mass is 272 g/mol. The van der Waals surface area contributed by atoms with E-state index in [-0.39, 0.29) is 0 Å². The van der Waals surface area contributed by atoms with Crippen molar-refractivity contribution in [3.05, 3.63) is 35.9 Å². The average molecular weight is 272 g/mol. The van der Waals surface area contributed by atoms with Crippen molar-refractivity contribution in [2.75, 3.05) is 20.1 Å². The summed E-state index contributed by atoms with van der Waals surface area (Å²) in [5.41, 5.74) is 1.48. The van der Waals surface area contributed by atoms with Crippen LogP contribution in [0.1, 0.15) is 38.2 Å². The molecule has 0 aliphatic carbocycles. The number of hydrogen-bond acceptors (Lipinski definition) is 2. The van der Waals surface area contributed by atoms with Crippen molar-refractivity contribution in [1.82, 2.24) is 9.80 Å². The first-order valence-electron chi connectivity index (χ1n) is 8.24. The van der Waals surface area contributed by atoms with Crippen LogP contribution < -0.4 is 0 Å². The van der Waals surface area contributed by atoms with Crippen LogP contribution >= 0.6 is 0 Å². The molecule has 0 spiro atoms. The molecule has 2 saturated heterocycles. The third kappa shape index (κ3) is 3.07. The molecule has 2 unspecified atom stereocenters. The van der Waals surface area contributed by atoms with Crippen LogP contribution in [0.3, 0.4) is 0 Å². The van der Waals surface area contributed by atoms with Gasteiger partial charge in [-0.15, -0.1) is 0 Å². The summed E-state index contributed by atoms with van der Waals surface area (Å²) < 4.78 is 0. The summed E-state index contributed by atoms with van der Waals surface area (Å²) >= 11 is 0. The molecule has 2 aliphatic heterocycles. The first kappa shape index (κ1) is 14.1. The van der Waals surface area contributed by atoms with Crippen LogP contribution in [0.15, 0.2) is 30.3 Å². The number of fused-ring (bicyclic) bond motifs is 2. The molecule has 0 N–H and O–H groups in total. The molecule has 0 saturated carbocycles. The molecule has 0 aromatic heterocycles. The van der Waals surface area contributed by atoms with Crippen molar-refractivity contribution in [3.8, 4) is 0 Å². The van der Waals surface area contributed by atoms with Crippen LogP contribution in [0.5, 0.6) is 0 Å². The Bertz CT molecular complexity index is 403. The second-order valence-corrected chi connectivity index (χ2v) is 6.74. The van der Waals surface area contributed by atoms with Crippen molar-refractivity contribution in [1.29, 1.82) is 0 Å². The van der Waals surface area contributed by atoms with Gasteiger partial charge in [-0.05, 0) is 50.8 Å². The van der Waals surface area contributed by atoms with Crippen molar-refractivity contribution < 1.29 is 0 Å². The summed E-state index contributed by atoms with van der Waals surface area (Å²) in [6.07, 6.45) is 5.66. The van der Waals surface area contributed by atoms with Gasteiger partial charge in [-0.1, -0.05) is 37.3 Å². The quantitative estimate of drug-likeness (QED) is 0.811. The Morgan fingerprint density at radius 3 is 2.35 bits per heavy atom. The molecule has 1 aromatic carbocycles. The lowest BCUT2D eigenvalue weighted by molar-refractivity contribution is 0.0823. The third-order valence-electron chi connectivity index (χ3n) is 5.30. The van der Waals surface area contributed by atoms with Crippen LogP contribution in [-0.4, -0.2) is 42.0 Å². The lowest BCUT2D eigenvalue weighted by Crippen LogP contribution is -2.44. The van der Waals surface area contributed by atoms with E-state index in [4.69, 9.17) is 0 Å². The van der Waals surface area contributed by atoms with Crippen LogP contribution in [0, 0.1) is 5.92 Å². The van der Waals surface area contributed by atoms with Crippen LogP contribution in [0.4, 0.5) is 0 Å². The van der Waals surface area contributed by atoms with Gasteiger partial charge in [-0.25, -0.2) is 0 Å². The number of piperidine rings is 1. The van der Waals surface area contributed by atoms with E-state index in [0.29, 0.717) is 0 Å². The van der Waals surface area contributed by atoms with E-state index in [1.807, 2.05) is 0 Å². The fourth-order valence-electron chi connectivity index (χ4n) is 4.16. The highest BCUT2D eigenvalue weighted by atomic mass is 15.2. The zero-order chi connectivity index (χ0) is 13.9. The van der Waals surface area contributed by atoms with Gasteiger partial charge in [0, 0.05) is 25.2 Å². The minimum absolute atomic E-state index is 0.837. The van der Waals surface area contributed by atoms with Gasteiger partial charge in [0.05, 0.1) is 0 Å². The molecule has 0 amide bonds. The Balaban J connectivity index is 1.60. The molecule has 3 rings (SSSR count). The van der Waals surface area contributed by atoms with E-state index in [1.54, 1.807) is 0 Å². The normalized spacial score (nSPS) is 30.1. The van der Waals surface area contributed by atoms with Crippen molar-refractivity contribution in [2.45, 2.75) is 51.2 Å². The Hall–Kier alpha value is -0.860. The van der Waals surface area contributed by atoms with Crippen molar-refractivity contribution in [2.24, 2.45) is 5.92 Å². The Labute approximate surface area is 123 Å². The lowest BCUT2D eigenvalue weighted by Gasteiger charge is -2.40. The number of nitrogens with zero attached hydrogens (tertiary/aromatic N) is 2. The van der Waals surface area contributed by atoms with Gasteiger partial charge in [-0.3, -0.25) is 4.90 Å². The molecule has 2 heteroatoms. The second kappa shape index (κ2) is 6.28. The van der Waals surface area contributed by atoms with Gasteiger partial charge in [0.2, 0.25) is 0 Å². The maximum atomic E-state index is 2.79. The molecule has 1 aromatic rings. The largest absolute Gasteiger partial charge is 0.306 e. The highest BCUT2D eigenvalue weighted by Gasteiger charge is 2.40. The molecular formula is C18H28N2. The molecule has 2 atom stereocenters. The molecule has 2 fully saturated rings. The molecule has 0 radical (unpaired) electrons. The minimum atomic E-state index is 0.837. The topological polar surface area (TPSA) is 6.48 Å². The molecular weight excluding hydrogens is 244 g/mol. The summed E-state index contributed by atoms with van der Waals surface area (Å²) in [4.78, 5) is 5.27. The Morgan fingerprint density at radius 2 is 1.75 bits per heavy atom. The highest BCUT2D eigenvalue weighted by molar-refractivity contribution is 5.15. The fraction of sp³-hybridized carbons (Fsp3) is 0.667. The maximum absolute atomic E-state index is 2.79. The van der Waals surface area contributed by atoms with Gasteiger partial charge in [0.1, 0.15) is 0 Å². The standard InChI is InChI=1S/C18H28N2/c1-3-19(2)13-16-11-17-9-10-18(12-16)20(17)14-15-7-5-4-6-8-15/h4-8,16-18H,3,9-14H2,1-2H3. The van der Waals surface area contributed by atoms with Crippen LogP contribution in [0.25, 0.3) is 0 Å². The van der Waals surface area contributed by atoms with Gasteiger partial charge in [0.25, 0.3) is 0 Å². The number of hydrogen-bond donors (Lipinski definition) is 0. The maximum Gasteiger partial charge on any atom is 0.0239 e. The molecule has 2 bridgehead atoms. The Kier molecular flexibility index (Phi) is 4.42. The average Bonchev–Trinajstić information content (AvgIpc) is 2.71. The first-order valence-corrected chi connectivity index (χ1v) is 8.24. The minimum Gasteiger partial charge on any atom is -0.306 e. The van der Waals surface area contributed by atoms with E-state index in [2.05, 4.69) is 54.1 Å². The van der Waals surface area contributed by atoms with Gasteiger partial charge < -0.3 is 4.90 Å². The summed E-state index contributed by atoms with van der Waals surface area (Å²) in [5.74, 6) is 0.921. The van der Waals surface area contributed by atoms with Gasteiger partial charge in [-0.2, -0.15) is 0 Å². The molecule has 2 heterocycles. The van der Waals surface area contributed by atoms with Gasteiger partial charge in [0.15, 0.2) is 0 Å². The van der Waals surface area contributed by atoms with Gasteiger partial charge >= 0.3 is 0 Å². The summed E-state index contributed by atoms with van der Waals surface area (Å²) in [6.45, 7) is 5.90. The van der Waals surface area contributed by atoms with Crippen LogP contribution in [-0.2, 0) is 6.54 Å². The molecule has 20 heavy (non-hydrogen) atoms. The first-order chi connectivity index (χ1) is 9.76. The highest BCUT2D eigenvalue weighted by Crippen LogP contribution is 2.39. The third-order valence-corrected chi connectivity index (χ3v) is 5.30. The second-order valence-electron chi connectivity index (χ2n) is 6.74. The summed E-state index contributed by atoms with van der Waals surface area (Å²) in [5, 5.41) is 0. The lowest BCUT2D eigenvalue weighted by atomic mass is 9.90. The molecule has 2 nitrogen and oxygen atoms in total. The number of benzene rings is 1. The van der Waals surface area contributed by atoms with Crippen molar-refractivity contribution >= 4 is 0 Å².